The molecule has 0 spiro atoms. The molecule has 1 heterocycles. The topological polar surface area (TPSA) is 92.8 Å². The Morgan fingerprint density at radius 1 is 1.03 bits per heavy atom. The zero-order chi connectivity index (χ0) is 21.5. The Labute approximate surface area is 176 Å². The molecule has 150 valence electrons. The van der Waals surface area contributed by atoms with Gasteiger partial charge >= 0.3 is 5.97 Å². The third kappa shape index (κ3) is 3.71. The van der Waals surface area contributed by atoms with Crippen LogP contribution in [0.1, 0.15) is 43.6 Å². The van der Waals surface area contributed by atoms with Crippen LogP contribution >= 0.6 is 23.2 Å². The van der Waals surface area contributed by atoms with Crippen molar-refractivity contribution in [2.75, 3.05) is 12.4 Å². The molecule has 1 N–H and O–H groups in total. The van der Waals surface area contributed by atoms with Crippen molar-refractivity contribution in [3.8, 4) is 0 Å². The third-order valence-electron chi connectivity index (χ3n) is 4.63. The van der Waals surface area contributed by atoms with E-state index in [9.17, 15) is 19.2 Å². The van der Waals surface area contributed by atoms with Gasteiger partial charge in [0.05, 0.1) is 33.8 Å². The van der Waals surface area contributed by atoms with Crippen LogP contribution in [-0.4, -0.2) is 41.7 Å². The molecule has 7 nitrogen and oxygen atoms in total. The van der Waals surface area contributed by atoms with Crippen molar-refractivity contribution in [3.63, 3.8) is 0 Å². The number of benzene rings is 2. The van der Waals surface area contributed by atoms with Crippen LogP contribution in [0.15, 0.2) is 30.3 Å². The molecular formula is C20H16Cl2N2O5. The van der Waals surface area contributed by atoms with Crippen LogP contribution in [0.4, 0.5) is 5.69 Å². The van der Waals surface area contributed by atoms with Gasteiger partial charge in [-0.15, -0.1) is 0 Å². The number of fused-ring (bicyclic) bond motifs is 1. The number of esters is 1. The van der Waals surface area contributed by atoms with Crippen molar-refractivity contribution in [1.29, 1.82) is 0 Å². The second kappa shape index (κ2) is 7.85. The Hall–Kier alpha value is -2.90. The van der Waals surface area contributed by atoms with E-state index in [-0.39, 0.29) is 21.2 Å². The van der Waals surface area contributed by atoms with Crippen molar-refractivity contribution < 1.29 is 23.9 Å². The summed E-state index contributed by atoms with van der Waals surface area (Å²) in [4.78, 5) is 50.5. The Balaban J connectivity index is 1.82. The highest BCUT2D eigenvalue weighted by Gasteiger charge is 2.41. The molecule has 9 heteroatoms. The maximum atomic E-state index is 12.7. The number of amides is 3. The second-order valence-corrected chi connectivity index (χ2v) is 7.29. The van der Waals surface area contributed by atoms with E-state index in [1.807, 2.05) is 0 Å². The Bertz CT molecular complexity index is 1030. The number of methoxy groups -OCH3 is 1. The molecule has 0 saturated carbocycles. The number of hydrogen-bond donors (Lipinski definition) is 1. The molecule has 2 aromatic rings. The fourth-order valence-corrected chi connectivity index (χ4v) is 3.33. The minimum atomic E-state index is -1.08. The highest BCUT2D eigenvalue weighted by molar-refractivity contribution is 6.43. The normalized spacial score (nSPS) is 13.9. The molecule has 2 aromatic carbocycles. The standard InChI is InChI=1S/C20H16Cl2N2O5/c1-9-6-11(20(28)29-3)4-5-16(9)23-17(25)10(2)24-18(26)12-7-14(21)15(22)8-13(12)19(24)27/h4-8,10H,1-3H3,(H,23,25). The fourth-order valence-electron chi connectivity index (χ4n) is 3.01. The van der Waals surface area contributed by atoms with E-state index in [1.165, 1.54) is 32.2 Å². The van der Waals surface area contributed by atoms with Crippen LogP contribution in [0.25, 0.3) is 0 Å². The summed E-state index contributed by atoms with van der Waals surface area (Å²) in [6, 6.07) is 6.18. The number of rotatable bonds is 4. The van der Waals surface area contributed by atoms with Crippen molar-refractivity contribution in [1.82, 2.24) is 4.90 Å². The van der Waals surface area contributed by atoms with Gasteiger partial charge in [0.2, 0.25) is 5.91 Å². The molecule has 0 saturated heterocycles. The smallest absolute Gasteiger partial charge is 0.337 e. The summed E-state index contributed by atoms with van der Waals surface area (Å²) in [5.74, 6) is -2.30. The Morgan fingerprint density at radius 3 is 2.07 bits per heavy atom. The molecule has 1 aliphatic heterocycles. The molecule has 3 amide bonds. The largest absolute Gasteiger partial charge is 0.465 e. The first-order valence-corrected chi connectivity index (χ1v) is 9.28. The third-order valence-corrected chi connectivity index (χ3v) is 5.35. The van der Waals surface area contributed by atoms with Gasteiger partial charge in [0.25, 0.3) is 11.8 Å². The summed E-state index contributed by atoms with van der Waals surface area (Å²) in [5, 5.41) is 2.96. The van der Waals surface area contributed by atoms with E-state index in [0.29, 0.717) is 16.8 Å². The first-order chi connectivity index (χ1) is 13.6. The molecule has 0 radical (unpaired) electrons. The quantitative estimate of drug-likeness (QED) is 0.584. The molecule has 0 aromatic heterocycles. The van der Waals surface area contributed by atoms with E-state index < -0.39 is 29.7 Å². The summed E-state index contributed by atoms with van der Waals surface area (Å²) in [6.45, 7) is 3.15. The van der Waals surface area contributed by atoms with E-state index in [1.54, 1.807) is 19.1 Å². The number of nitrogens with zero attached hydrogens (tertiary/aromatic N) is 1. The summed E-state index contributed by atoms with van der Waals surface area (Å²) >= 11 is 11.9. The maximum Gasteiger partial charge on any atom is 0.337 e. The van der Waals surface area contributed by atoms with Gasteiger partial charge in [-0.3, -0.25) is 19.3 Å². The number of anilines is 1. The van der Waals surface area contributed by atoms with Crippen LogP contribution < -0.4 is 5.32 Å². The molecule has 3 rings (SSSR count). The van der Waals surface area contributed by atoms with Crippen LogP contribution in [-0.2, 0) is 9.53 Å². The molecule has 29 heavy (non-hydrogen) atoms. The molecular weight excluding hydrogens is 419 g/mol. The SMILES string of the molecule is COC(=O)c1ccc(NC(=O)C(C)N2C(=O)c3cc(Cl)c(Cl)cc3C2=O)c(C)c1. The van der Waals surface area contributed by atoms with Gasteiger partial charge in [-0.05, 0) is 49.7 Å². The van der Waals surface area contributed by atoms with E-state index in [2.05, 4.69) is 10.1 Å². The Morgan fingerprint density at radius 2 is 1.59 bits per heavy atom. The molecule has 0 aliphatic carbocycles. The van der Waals surface area contributed by atoms with E-state index in [0.717, 1.165) is 4.90 Å². The highest BCUT2D eigenvalue weighted by Crippen LogP contribution is 2.32. The first kappa shape index (κ1) is 20.8. The molecule has 0 fully saturated rings. The number of ether oxygens (including phenoxy) is 1. The average Bonchev–Trinajstić information content (AvgIpc) is 2.92. The average molecular weight is 435 g/mol. The highest BCUT2D eigenvalue weighted by atomic mass is 35.5. The lowest BCUT2D eigenvalue weighted by atomic mass is 10.1. The van der Waals surface area contributed by atoms with Gasteiger partial charge in [-0.2, -0.15) is 0 Å². The van der Waals surface area contributed by atoms with Gasteiger partial charge in [0.1, 0.15) is 6.04 Å². The summed E-state index contributed by atoms with van der Waals surface area (Å²) in [5.41, 5.74) is 1.60. The summed E-state index contributed by atoms with van der Waals surface area (Å²) in [6.07, 6.45) is 0. The van der Waals surface area contributed by atoms with Crippen molar-refractivity contribution in [2.24, 2.45) is 0 Å². The van der Waals surface area contributed by atoms with Crippen molar-refractivity contribution in [3.05, 3.63) is 62.6 Å². The van der Waals surface area contributed by atoms with Crippen molar-refractivity contribution in [2.45, 2.75) is 19.9 Å². The predicted molar refractivity (Wildman–Crippen MR) is 108 cm³/mol. The summed E-state index contributed by atoms with van der Waals surface area (Å²) < 4.78 is 4.66. The summed E-state index contributed by atoms with van der Waals surface area (Å²) in [7, 11) is 1.28. The number of carbonyl (C=O) groups is 4. The number of nitrogens with one attached hydrogen (secondary N) is 1. The van der Waals surface area contributed by atoms with Gasteiger partial charge < -0.3 is 10.1 Å². The fraction of sp³-hybridized carbons (Fsp3) is 0.200. The van der Waals surface area contributed by atoms with Crippen LogP contribution in [0.3, 0.4) is 0 Å². The number of halogens is 2. The van der Waals surface area contributed by atoms with E-state index >= 15 is 0 Å². The minimum Gasteiger partial charge on any atom is -0.465 e. The van der Waals surface area contributed by atoms with Gasteiger partial charge in [0.15, 0.2) is 0 Å². The van der Waals surface area contributed by atoms with Crippen molar-refractivity contribution >= 4 is 52.6 Å². The van der Waals surface area contributed by atoms with Crippen LogP contribution in [0.2, 0.25) is 10.0 Å². The molecule has 0 bridgehead atoms. The van der Waals surface area contributed by atoms with E-state index in [4.69, 9.17) is 23.2 Å². The van der Waals surface area contributed by atoms with Gasteiger partial charge in [-0.1, -0.05) is 23.2 Å². The number of aryl methyl sites for hydroxylation is 1. The molecule has 1 aliphatic rings. The second-order valence-electron chi connectivity index (χ2n) is 6.48. The number of carbonyl (C=O) groups excluding carboxylic acids is 4. The maximum absolute atomic E-state index is 12.7. The predicted octanol–water partition coefficient (Wildman–Crippen LogP) is 3.71. The first-order valence-electron chi connectivity index (χ1n) is 8.52. The number of hydrogen-bond acceptors (Lipinski definition) is 5. The lowest BCUT2D eigenvalue weighted by Crippen LogP contribution is -2.45. The lowest BCUT2D eigenvalue weighted by Gasteiger charge is -2.22. The zero-order valence-electron chi connectivity index (χ0n) is 15.7. The monoisotopic (exact) mass is 434 g/mol. The molecule has 1 atom stereocenters. The molecule has 1 unspecified atom stereocenters. The lowest BCUT2D eigenvalue weighted by molar-refractivity contribution is -0.119. The van der Waals surface area contributed by atoms with Gasteiger partial charge in [0, 0.05) is 5.69 Å². The van der Waals surface area contributed by atoms with Gasteiger partial charge in [-0.25, -0.2) is 4.79 Å². The Kier molecular flexibility index (Phi) is 5.64. The number of imide groups is 1. The minimum absolute atomic E-state index is 0.0997. The van der Waals surface area contributed by atoms with Crippen LogP contribution in [0, 0.1) is 6.92 Å². The zero-order valence-corrected chi connectivity index (χ0v) is 17.2. The van der Waals surface area contributed by atoms with Crippen LogP contribution in [0.5, 0.6) is 0 Å².